The lowest BCUT2D eigenvalue weighted by Crippen LogP contribution is -2.50. The summed E-state index contributed by atoms with van der Waals surface area (Å²) in [6, 6.07) is 1.31. The topological polar surface area (TPSA) is 29.3 Å². The third-order valence-electron chi connectivity index (χ3n) is 4.43. The zero-order valence-corrected chi connectivity index (χ0v) is 10.3. The monoisotopic (exact) mass is 210 g/mol. The molecule has 1 aliphatic carbocycles. The van der Waals surface area contributed by atoms with Crippen molar-refractivity contribution in [2.45, 2.75) is 58.0 Å². The lowest BCUT2D eigenvalue weighted by Gasteiger charge is -2.42. The minimum atomic E-state index is 0.447. The molecule has 0 spiro atoms. The van der Waals surface area contributed by atoms with Crippen LogP contribution in [0.4, 0.5) is 0 Å². The highest BCUT2D eigenvalue weighted by Gasteiger charge is 2.30. The van der Waals surface area contributed by atoms with Crippen LogP contribution in [0.25, 0.3) is 0 Å². The third-order valence-corrected chi connectivity index (χ3v) is 4.43. The second kappa shape index (κ2) is 4.84. The minimum Gasteiger partial charge on any atom is -0.327 e. The summed E-state index contributed by atoms with van der Waals surface area (Å²) < 4.78 is 0. The van der Waals surface area contributed by atoms with E-state index in [0.29, 0.717) is 12.0 Å². The Hall–Kier alpha value is -0.0800. The van der Waals surface area contributed by atoms with Gasteiger partial charge in [-0.2, -0.15) is 0 Å². The van der Waals surface area contributed by atoms with Gasteiger partial charge in [-0.15, -0.1) is 0 Å². The number of likely N-dealkylation sites (tertiary alicyclic amines) is 1. The van der Waals surface area contributed by atoms with Crippen LogP contribution in [0.3, 0.4) is 0 Å². The molecular weight excluding hydrogens is 184 g/mol. The van der Waals surface area contributed by atoms with Crippen LogP contribution in [0, 0.1) is 11.8 Å². The number of hydrogen-bond donors (Lipinski definition) is 1. The maximum absolute atomic E-state index is 6.07. The zero-order chi connectivity index (χ0) is 10.8. The average Bonchev–Trinajstić information content (AvgIpc) is 2.22. The fourth-order valence-corrected chi connectivity index (χ4v) is 3.26. The Morgan fingerprint density at radius 1 is 1.13 bits per heavy atom. The summed E-state index contributed by atoms with van der Waals surface area (Å²) in [5.41, 5.74) is 6.07. The molecule has 2 N–H and O–H groups in total. The average molecular weight is 210 g/mol. The molecule has 4 atom stereocenters. The summed E-state index contributed by atoms with van der Waals surface area (Å²) >= 11 is 0. The lowest BCUT2D eigenvalue weighted by molar-refractivity contribution is 0.0806. The molecule has 2 aliphatic rings. The fourth-order valence-electron chi connectivity index (χ4n) is 3.26. The van der Waals surface area contributed by atoms with Gasteiger partial charge < -0.3 is 5.73 Å². The van der Waals surface area contributed by atoms with E-state index in [4.69, 9.17) is 5.73 Å². The lowest BCUT2D eigenvalue weighted by atomic mass is 9.84. The van der Waals surface area contributed by atoms with Crippen LogP contribution < -0.4 is 5.73 Å². The van der Waals surface area contributed by atoms with Crippen LogP contribution in [0.5, 0.6) is 0 Å². The summed E-state index contributed by atoms with van der Waals surface area (Å²) in [7, 11) is 0. The van der Waals surface area contributed by atoms with E-state index in [9.17, 15) is 0 Å². The molecule has 0 aromatic heterocycles. The zero-order valence-electron chi connectivity index (χ0n) is 10.3. The highest BCUT2D eigenvalue weighted by atomic mass is 15.2. The molecule has 4 unspecified atom stereocenters. The van der Waals surface area contributed by atoms with E-state index >= 15 is 0 Å². The summed E-state index contributed by atoms with van der Waals surface area (Å²) in [6.45, 7) is 7.19. The van der Waals surface area contributed by atoms with E-state index < -0.39 is 0 Å². The quantitative estimate of drug-likeness (QED) is 0.719. The Kier molecular flexibility index (Phi) is 3.68. The van der Waals surface area contributed by atoms with Crippen molar-refractivity contribution in [1.29, 1.82) is 0 Å². The van der Waals surface area contributed by atoms with Crippen molar-refractivity contribution in [3.63, 3.8) is 0 Å². The molecule has 0 radical (unpaired) electrons. The van der Waals surface area contributed by atoms with Gasteiger partial charge in [-0.25, -0.2) is 0 Å². The Balaban J connectivity index is 1.87. The van der Waals surface area contributed by atoms with Gasteiger partial charge >= 0.3 is 0 Å². The van der Waals surface area contributed by atoms with Crippen LogP contribution in [-0.4, -0.2) is 30.1 Å². The maximum Gasteiger partial charge on any atom is 0.00979 e. The van der Waals surface area contributed by atoms with Crippen LogP contribution in [0.2, 0.25) is 0 Å². The maximum atomic E-state index is 6.07. The predicted octanol–water partition coefficient (Wildman–Crippen LogP) is 2.23. The van der Waals surface area contributed by atoms with E-state index in [-0.39, 0.29) is 0 Å². The number of nitrogens with two attached hydrogens (primary N) is 1. The first-order chi connectivity index (χ1) is 7.16. The smallest absolute Gasteiger partial charge is 0.00979 e. The number of nitrogens with zero attached hydrogens (tertiary/aromatic N) is 1. The molecule has 88 valence electrons. The highest BCUT2D eigenvalue weighted by Crippen LogP contribution is 2.29. The highest BCUT2D eigenvalue weighted by molar-refractivity contribution is 4.86. The molecule has 0 bridgehead atoms. The van der Waals surface area contributed by atoms with Gasteiger partial charge in [0.25, 0.3) is 0 Å². The summed E-state index contributed by atoms with van der Waals surface area (Å²) in [6.07, 6.45) is 6.92. The molecule has 15 heavy (non-hydrogen) atoms. The molecule has 2 fully saturated rings. The Morgan fingerprint density at radius 3 is 2.60 bits per heavy atom. The van der Waals surface area contributed by atoms with Crippen molar-refractivity contribution >= 4 is 0 Å². The van der Waals surface area contributed by atoms with Crippen molar-refractivity contribution in [2.75, 3.05) is 13.1 Å². The van der Waals surface area contributed by atoms with Crippen LogP contribution in [0.1, 0.15) is 46.0 Å². The summed E-state index contributed by atoms with van der Waals surface area (Å²) in [5, 5.41) is 0. The van der Waals surface area contributed by atoms with E-state index in [1.54, 1.807) is 0 Å². The van der Waals surface area contributed by atoms with E-state index in [1.807, 2.05) is 0 Å². The molecule has 1 heterocycles. The fraction of sp³-hybridized carbons (Fsp3) is 1.00. The molecule has 1 saturated heterocycles. The minimum absolute atomic E-state index is 0.447. The normalized spacial score (nSPS) is 44.2. The molecule has 0 aromatic carbocycles. The molecule has 0 amide bonds. The van der Waals surface area contributed by atoms with Gasteiger partial charge in [-0.3, -0.25) is 4.90 Å². The molecular formula is C13H26N2. The van der Waals surface area contributed by atoms with Gasteiger partial charge in [0.2, 0.25) is 0 Å². The van der Waals surface area contributed by atoms with Crippen molar-refractivity contribution in [3.05, 3.63) is 0 Å². The van der Waals surface area contributed by atoms with Crippen molar-refractivity contribution in [2.24, 2.45) is 17.6 Å². The molecule has 0 aromatic rings. The first kappa shape index (κ1) is 11.4. The van der Waals surface area contributed by atoms with E-state index in [0.717, 1.165) is 12.0 Å². The van der Waals surface area contributed by atoms with Gasteiger partial charge in [-0.1, -0.05) is 26.7 Å². The van der Waals surface area contributed by atoms with Crippen LogP contribution >= 0.6 is 0 Å². The summed E-state index contributed by atoms with van der Waals surface area (Å²) in [4.78, 5) is 2.71. The largest absolute Gasteiger partial charge is 0.327 e. The van der Waals surface area contributed by atoms with Gasteiger partial charge in [-0.05, 0) is 37.6 Å². The van der Waals surface area contributed by atoms with Gasteiger partial charge in [0.1, 0.15) is 0 Å². The summed E-state index contributed by atoms with van der Waals surface area (Å²) in [5.74, 6) is 1.63. The molecule has 2 rings (SSSR count). The van der Waals surface area contributed by atoms with Crippen LogP contribution in [-0.2, 0) is 0 Å². The molecule has 2 heteroatoms. The first-order valence-electron chi connectivity index (χ1n) is 6.66. The standard InChI is InChI=1S/C13H26N2/c1-10-4-3-5-12(8-10)15-7-6-13(14)11(2)9-15/h10-13H,3-9,14H2,1-2H3. The van der Waals surface area contributed by atoms with Gasteiger partial charge in [0, 0.05) is 18.6 Å². The van der Waals surface area contributed by atoms with E-state index in [2.05, 4.69) is 18.7 Å². The second-order valence-corrected chi connectivity index (χ2v) is 5.85. The third kappa shape index (κ3) is 2.73. The van der Waals surface area contributed by atoms with Crippen molar-refractivity contribution in [3.8, 4) is 0 Å². The molecule has 1 saturated carbocycles. The number of piperidine rings is 1. The first-order valence-corrected chi connectivity index (χ1v) is 6.66. The number of rotatable bonds is 1. The number of hydrogen-bond acceptors (Lipinski definition) is 2. The predicted molar refractivity (Wildman–Crippen MR) is 64.7 cm³/mol. The SMILES string of the molecule is CC1CCCC(N2CCC(N)C(C)C2)C1. The van der Waals surface area contributed by atoms with Gasteiger partial charge in [0.15, 0.2) is 0 Å². The van der Waals surface area contributed by atoms with Crippen LogP contribution in [0.15, 0.2) is 0 Å². The molecule has 1 aliphatic heterocycles. The Labute approximate surface area is 94.2 Å². The molecule has 2 nitrogen and oxygen atoms in total. The Bertz CT molecular complexity index is 205. The van der Waals surface area contributed by atoms with E-state index in [1.165, 1.54) is 45.2 Å². The van der Waals surface area contributed by atoms with Crippen molar-refractivity contribution in [1.82, 2.24) is 4.90 Å². The second-order valence-electron chi connectivity index (χ2n) is 5.85. The van der Waals surface area contributed by atoms with Gasteiger partial charge in [0.05, 0.1) is 0 Å². The Morgan fingerprint density at radius 2 is 1.93 bits per heavy atom. The van der Waals surface area contributed by atoms with Crippen molar-refractivity contribution < 1.29 is 0 Å².